The molecule has 0 saturated carbocycles. The van der Waals surface area contributed by atoms with Crippen molar-refractivity contribution in [3.63, 3.8) is 0 Å². The normalized spacial score (nSPS) is 17.4. The van der Waals surface area contributed by atoms with Gasteiger partial charge in [-0.25, -0.2) is 0 Å². The lowest BCUT2D eigenvalue weighted by Gasteiger charge is -2.37. The zero-order valence-electron chi connectivity index (χ0n) is 19.3. The van der Waals surface area contributed by atoms with E-state index < -0.39 is 6.04 Å². The van der Waals surface area contributed by atoms with Crippen LogP contribution in [0.4, 0.5) is 0 Å². The molecule has 1 N–H and O–H groups in total. The molecule has 2 aliphatic rings. The van der Waals surface area contributed by atoms with E-state index in [1.807, 2.05) is 9.80 Å². The van der Waals surface area contributed by atoms with Gasteiger partial charge in [-0.1, -0.05) is 11.6 Å². The van der Waals surface area contributed by atoms with Crippen LogP contribution >= 0.6 is 11.6 Å². The molecule has 180 valence electrons. The van der Waals surface area contributed by atoms with Crippen LogP contribution in [0, 0.1) is 5.92 Å². The van der Waals surface area contributed by atoms with E-state index in [2.05, 4.69) is 5.32 Å². The van der Waals surface area contributed by atoms with Gasteiger partial charge >= 0.3 is 0 Å². The van der Waals surface area contributed by atoms with Crippen molar-refractivity contribution >= 4 is 29.3 Å². The van der Waals surface area contributed by atoms with Gasteiger partial charge in [0.05, 0.1) is 7.11 Å². The number of likely N-dealkylation sites (tertiary alicyclic amines) is 2. The molecule has 0 bridgehead atoms. The molecule has 4 rings (SSSR count). The first-order valence-electron chi connectivity index (χ1n) is 11.7. The van der Waals surface area contributed by atoms with Crippen LogP contribution in [0.3, 0.4) is 0 Å². The number of piperidine rings is 1. The standard InChI is InChI=1S/C26H30ClN3O4/c1-34-22-10-6-19(7-11-22)24(31)28-23(26(33)29-14-2-3-15-29)18-12-16-30(17-13-18)25(32)20-4-8-21(27)9-5-20/h4-11,18,23H,2-3,12-17H2,1H3,(H,28,31). The topological polar surface area (TPSA) is 79.0 Å². The third-order valence-corrected chi connectivity index (χ3v) is 6.96. The summed E-state index contributed by atoms with van der Waals surface area (Å²) in [7, 11) is 1.57. The van der Waals surface area contributed by atoms with Gasteiger partial charge in [-0.05, 0) is 80.1 Å². The molecule has 3 amide bonds. The first-order chi connectivity index (χ1) is 16.5. The Hall–Kier alpha value is -3.06. The molecule has 2 fully saturated rings. The number of methoxy groups -OCH3 is 1. The van der Waals surface area contributed by atoms with E-state index in [0.717, 1.165) is 25.9 Å². The molecule has 2 aliphatic heterocycles. The maximum atomic E-state index is 13.4. The number of rotatable bonds is 6. The molecule has 2 aromatic carbocycles. The minimum atomic E-state index is -0.611. The predicted octanol–water partition coefficient (Wildman–Crippen LogP) is 3.62. The fourth-order valence-corrected chi connectivity index (χ4v) is 4.82. The van der Waals surface area contributed by atoms with Gasteiger partial charge < -0.3 is 19.9 Å². The van der Waals surface area contributed by atoms with Crippen molar-refractivity contribution in [2.75, 3.05) is 33.3 Å². The average molecular weight is 484 g/mol. The van der Waals surface area contributed by atoms with Gasteiger partial charge in [0.2, 0.25) is 5.91 Å². The zero-order valence-corrected chi connectivity index (χ0v) is 20.1. The van der Waals surface area contributed by atoms with E-state index in [1.165, 1.54) is 0 Å². The van der Waals surface area contributed by atoms with Gasteiger partial charge in [0.1, 0.15) is 11.8 Å². The summed E-state index contributed by atoms with van der Waals surface area (Å²) in [6.07, 6.45) is 3.26. The van der Waals surface area contributed by atoms with Crippen LogP contribution in [0.15, 0.2) is 48.5 Å². The summed E-state index contributed by atoms with van der Waals surface area (Å²) in [5, 5.41) is 3.60. The van der Waals surface area contributed by atoms with Gasteiger partial charge in [0.15, 0.2) is 0 Å². The van der Waals surface area contributed by atoms with Crippen molar-refractivity contribution in [3.8, 4) is 5.75 Å². The van der Waals surface area contributed by atoms with Gasteiger partial charge in [-0.3, -0.25) is 14.4 Å². The average Bonchev–Trinajstić information content (AvgIpc) is 3.42. The second-order valence-corrected chi connectivity index (χ2v) is 9.28. The molecule has 1 atom stereocenters. The summed E-state index contributed by atoms with van der Waals surface area (Å²) in [6.45, 7) is 2.52. The molecule has 34 heavy (non-hydrogen) atoms. The third kappa shape index (κ3) is 5.53. The summed E-state index contributed by atoms with van der Waals surface area (Å²) in [5.41, 5.74) is 1.08. The minimum Gasteiger partial charge on any atom is -0.497 e. The largest absolute Gasteiger partial charge is 0.497 e. The SMILES string of the molecule is COc1ccc(C(=O)NC(C(=O)N2CCCC2)C2CCN(C(=O)c3ccc(Cl)cc3)CC2)cc1. The van der Waals surface area contributed by atoms with Gasteiger partial charge in [-0.15, -0.1) is 0 Å². The molecule has 1 unspecified atom stereocenters. The van der Waals surface area contributed by atoms with Gasteiger partial charge in [0, 0.05) is 42.3 Å². The van der Waals surface area contributed by atoms with E-state index in [4.69, 9.17) is 16.3 Å². The summed E-state index contributed by atoms with van der Waals surface area (Å²) in [6, 6.07) is 13.1. The van der Waals surface area contributed by atoms with Crippen LogP contribution in [0.1, 0.15) is 46.4 Å². The third-order valence-electron chi connectivity index (χ3n) is 6.71. The summed E-state index contributed by atoms with van der Waals surface area (Å²) < 4.78 is 5.17. The van der Waals surface area contributed by atoms with Crippen molar-refractivity contribution in [2.45, 2.75) is 31.7 Å². The number of hydrogen-bond acceptors (Lipinski definition) is 4. The fourth-order valence-electron chi connectivity index (χ4n) is 4.69. The van der Waals surface area contributed by atoms with Crippen molar-refractivity contribution in [3.05, 3.63) is 64.7 Å². The molecule has 2 saturated heterocycles. The molecule has 8 heteroatoms. The maximum absolute atomic E-state index is 13.4. The number of nitrogens with one attached hydrogen (secondary N) is 1. The highest BCUT2D eigenvalue weighted by Crippen LogP contribution is 2.25. The van der Waals surface area contributed by atoms with E-state index in [1.54, 1.807) is 55.6 Å². The van der Waals surface area contributed by atoms with Crippen LogP contribution < -0.4 is 10.1 Å². The van der Waals surface area contributed by atoms with E-state index >= 15 is 0 Å². The zero-order chi connectivity index (χ0) is 24.1. The van der Waals surface area contributed by atoms with Crippen LogP contribution in [-0.2, 0) is 4.79 Å². The number of hydrogen-bond donors (Lipinski definition) is 1. The quantitative estimate of drug-likeness (QED) is 0.680. The summed E-state index contributed by atoms with van der Waals surface area (Å²) in [5.74, 6) is 0.282. The Kier molecular flexibility index (Phi) is 7.73. The number of amides is 3. The van der Waals surface area contributed by atoms with E-state index in [9.17, 15) is 14.4 Å². The fraction of sp³-hybridized carbons (Fsp3) is 0.423. The van der Waals surface area contributed by atoms with Gasteiger partial charge in [0.25, 0.3) is 11.8 Å². The number of ether oxygens (including phenoxy) is 1. The van der Waals surface area contributed by atoms with Crippen LogP contribution in [0.5, 0.6) is 5.75 Å². The number of carbonyl (C=O) groups excluding carboxylic acids is 3. The smallest absolute Gasteiger partial charge is 0.253 e. The minimum absolute atomic E-state index is 0.0261. The van der Waals surface area contributed by atoms with E-state index in [0.29, 0.717) is 47.8 Å². The number of nitrogens with zero attached hydrogens (tertiary/aromatic N) is 2. The molecular formula is C26H30ClN3O4. The lowest BCUT2D eigenvalue weighted by molar-refractivity contribution is -0.134. The monoisotopic (exact) mass is 483 g/mol. The number of benzene rings is 2. The Morgan fingerprint density at radius 3 is 2.06 bits per heavy atom. The Morgan fingerprint density at radius 1 is 0.882 bits per heavy atom. The second kappa shape index (κ2) is 10.9. The highest BCUT2D eigenvalue weighted by atomic mass is 35.5. The first-order valence-corrected chi connectivity index (χ1v) is 12.1. The van der Waals surface area contributed by atoms with Crippen molar-refractivity contribution in [1.82, 2.24) is 15.1 Å². The highest BCUT2D eigenvalue weighted by Gasteiger charge is 2.37. The van der Waals surface area contributed by atoms with Crippen LogP contribution in [-0.4, -0.2) is 66.9 Å². The Balaban J connectivity index is 1.44. The first kappa shape index (κ1) is 24.1. The maximum Gasteiger partial charge on any atom is 0.253 e. The van der Waals surface area contributed by atoms with E-state index in [-0.39, 0.29) is 23.6 Å². The Labute approximate surface area is 205 Å². The molecule has 2 heterocycles. The molecule has 7 nitrogen and oxygen atoms in total. The van der Waals surface area contributed by atoms with Crippen molar-refractivity contribution < 1.29 is 19.1 Å². The highest BCUT2D eigenvalue weighted by molar-refractivity contribution is 6.30. The Bertz CT molecular complexity index is 1010. The number of carbonyl (C=O) groups is 3. The molecule has 0 spiro atoms. The molecule has 2 aromatic rings. The van der Waals surface area contributed by atoms with Gasteiger partial charge in [-0.2, -0.15) is 0 Å². The lowest BCUT2D eigenvalue weighted by atomic mass is 9.88. The molecule has 0 aromatic heterocycles. The molecule has 0 radical (unpaired) electrons. The second-order valence-electron chi connectivity index (χ2n) is 8.85. The van der Waals surface area contributed by atoms with Crippen LogP contribution in [0.25, 0.3) is 0 Å². The summed E-state index contributed by atoms with van der Waals surface area (Å²) in [4.78, 5) is 42.9. The molecule has 0 aliphatic carbocycles. The summed E-state index contributed by atoms with van der Waals surface area (Å²) >= 11 is 5.94. The van der Waals surface area contributed by atoms with Crippen molar-refractivity contribution in [2.24, 2.45) is 5.92 Å². The number of halogens is 1. The van der Waals surface area contributed by atoms with Crippen LogP contribution in [0.2, 0.25) is 5.02 Å². The lowest BCUT2D eigenvalue weighted by Crippen LogP contribution is -2.54. The Morgan fingerprint density at radius 2 is 1.47 bits per heavy atom. The predicted molar refractivity (Wildman–Crippen MR) is 130 cm³/mol. The van der Waals surface area contributed by atoms with Crippen molar-refractivity contribution in [1.29, 1.82) is 0 Å². The molecular weight excluding hydrogens is 454 g/mol.